The number of nitrogens with zero attached hydrogens (tertiary/aromatic N) is 2. The molecular weight excluding hydrogens is 579 g/mol. The van der Waals surface area contributed by atoms with Crippen LogP contribution in [0.25, 0.3) is 17.0 Å². The molecule has 0 spiro atoms. The molecule has 0 bridgehead atoms. The quantitative estimate of drug-likeness (QED) is 0.198. The van der Waals surface area contributed by atoms with E-state index in [0.29, 0.717) is 17.7 Å². The molecule has 4 aromatic rings. The molecule has 1 N–H and O–H groups in total. The minimum Gasteiger partial charge on any atom is -0.361 e. The molecule has 12 heteroatoms. The van der Waals surface area contributed by atoms with Gasteiger partial charge in [0.15, 0.2) is 0 Å². The number of benzene rings is 3. The normalized spacial score (nSPS) is 16.3. The second-order valence-corrected chi connectivity index (χ2v) is 10.2. The topological polar surface area (TPSA) is 56.4 Å². The number of hydrogen-bond donors (Lipinski definition) is 1. The van der Waals surface area contributed by atoms with E-state index in [1.54, 1.807) is 18.3 Å². The Morgan fingerprint density at radius 3 is 2.26 bits per heavy atom. The molecule has 0 radical (unpaired) electrons. The van der Waals surface area contributed by atoms with Crippen molar-refractivity contribution < 1.29 is 40.3 Å². The van der Waals surface area contributed by atoms with Crippen LogP contribution in [0.15, 0.2) is 79.0 Å². The molecule has 1 atom stereocenters. The Hall–Kier alpha value is -4.61. The smallest absolute Gasteiger partial charge is 0.361 e. The molecule has 0 unspecified atom stereocenters. The number of alkyl halides is 6. The van der Waals surface area contributed by atoms with E-state index in [9.17, 15) is 40.3 Å². The third-order valence-corrected chi connectivity index (χ3v) is 7.29. The van der Waals surface area contributed by atoms with E-state index in [0.717, 1.165) is 16.5 Å². The highest BCUT2D eigenvalue weighted by Crippen LogP contribution is 2.37. The Kier molecular flexibility index (Phi) is 8.04. The fourth-order valence-corrected chi connectivity index (χ4v) is 5.18. The maximum absolute atomic E-state index is 13.6. The van der Waals surface area contributed by atoms with Gasteiger partial charge in [0.2, 0.25) is 5.91 Å². The third-order valence-electron chi connectivity index (χ3n) is 7.29. The summed E-state index contributed by atoms with van der Waals surface area (Å²) in [7, 11) is 0. The lowest BCUT2D eigenvalue weighted by atomic mass is 9.98. The molecule has 0 saturated carbocycles. The molecule has 224 valence electrons. The Bertz CT molecular complexity index is 1660. The summed E-state index contributed by atoms with van der Waals surface area (Å²) in [4.78, 5) is 32.4. The Labute approximate surface area is 241 Å². The Balaban J connectivity index is 1.47. The minimum absolute atomic E-state index is 0.0203. The minimum atomic E-state index is -5.11. The van der Waals surface area contributed by atoms with E-state index >= 15 is 0 Å². The zero-order valence-corrected chi connectivity index (χ0v) is 22.3. The number of aromatic amines is 1. The van der Waals surface area contributed by atoms with Gasteiger partial charge in [-0.15, -0.1) is 0 Å². The van der Waals surface area contributed by atoms with Gasteiger partial charge in [-0.3, -0.25) is 9.59 Å². The summed E-state index contributed by atoms with van der Waals surface area (Å²) < 4.78 is 94.6. The molecular formula is C31H24F7N3O2. The average Bonchev–Trinajstić information content (AvgIpc) is 3.37. The maximum atomic E-state index is 13.6. The zero-order chi connectivity index (χ0) is 30.9. The van der Waals surface area contributed by atoms with Crippen molar-refractivity contribution >= 4 is 28.8 Å². The maximum Gasteiger partial charge on any atom is 0.416 e. The molecule has 5 rings (SSSR count). The Morgan fingerprint density at radius 1 is 0.884 bits per heavy atom. The fourth-order valence-electron chi connectivity index (χ4n) is 5.18. The van der Waals surface area contributed by atoms with Gasteiger partial charge in [0, 0.05) is 48.4 Å². The van der Waals surface area contributed by atoms with Crippen molar-refractivity contribution in [3.63, 3.8) is 0 Å². The number of nitrogens with one attached hydrogen (secondary N) is 1. The van der Waals surface area contributed by atoms with Gasteiger partial charge in [0.05, 0.1) is 17.2 Å². The van der Waals surface area contributed by atoms with Crippen LogP contribution in [0.3, 0.4) is 0 Å². The van der Waals surface area contributed by atoms with Gasteiger partial charge in [-0.05, 0) is 60.0 Å². The predicted molar refractivity (Wildman–Crippen MR) is 145 cm³/mol. The largest absolute Gasteiger partial charge is 0.416 e. The van der Waals surface area contributed by atoms with E-state index in [1.807, 2.05) is 18.2 Å². The summed E-state index contributed by atoms with van der Waals surface area (Å²) in [5.74, 6) is -1.94. The van der Waals surface area contributed by atoms with Gasteiger partial charge in [-0.25, -0.2) is 4.39 Å². The number of amides is 2. The monoisotopic (exact) mass is 603 g/mol. The number of halogens is 7. The van der Waals surface area contributed by atoms with Crippen LogP contribution in [0, 0.1) is 5.82 Å². The highest BCUT2D eigenvalue weighted by molar-refractivity contribution is 5.96. The van der Waals surface area contributed by atoms with Crippen LogP contribution >= 0.6 is 0 Å². The van der Waals surface area contributed by atoms with Crippen LogP contribution in [0.5, 0.6) is 0 Å². The number of piperazine rings is 1. The van der Waals surface area contributed by atoms with Crippen molar-refractivity contribution in [2.24, 2.45) is 0 Å². The first-order valence-corrected chi connectivity index (χ1v) is 13.2. The van der Waals surface area contributed by atoms with Crippen molar-refractivity contribution in [3.8, 4) is 0 Å². The van der Waals surface area contributed by atoms with E-state index in [2.05, 4.69) is 4.98 Å². The van der Waals surface area contributed by atoms with Crippen molar-refractivity contribution in [3.05, 3.63) is 113 Å². The van der Waals surface area contributed by atoms with Gasteiger partial charge < -0.3 is 14.8 Å². The second-order valence-electron chi connectivity index (χ2n) is 10.2. The van der Waals surface area contributed by atoms with Crippen LogP contribution < -0.4 is 0 Å². The number of aromatic nitrogens is 1. The highest BCUT2D eigenvalue weighted by atomic mass is 19.4. The summed E-state index contributed by atoms with van der Waals surface area (Å²) in [6.07, 6.45) is -5.67. The van der Waals surface area contributed by atoms with E-state index < -0.39 is 52.7 Å². The second kappa shape index (κ2) is 11.6. The van der Waals surface area contributed by atoms with Crippen molar-refractivity contribution in [2.75, 3.05) is 19.6 Å². The van der Waals surface area contributed by atoms with Crippen molar-refractivity contribution in [1.29, 1.82) is 0 Å². The number of fused-ring (bicyclic) bond motifs is 1. The first-order chi connectivity index (χ1) is 20.3. The molecule has 2 heterocycles. The molecule has 43 heavy (non-hydrogen) atoms. The lowest BCUT2D eigenvalue weighted by Crippen LogP contribution is -2.57. The van der Waals surface area contributed by atoms with E-state index in [-0.39, 0.29) is 32.1 Å². The molecule has 5 nitrogen and oxygen atoms in total. The summed E-state index contributed by atoms with van der Waals surface area (Å²) >= 11 is 0. The molecule has 1 aliphatic rings. The number of rotatable bonds is 5. The van der Waals surface area contributed by atoms with E-state index in [4.69, 9.17) is 0 Å². The molecule has 1 fully saturated rings. The van der Waals surface area contributed by atoms with Crippen molar-refractivity contribution in [2.45, 2.75) is 24.8 Å². The summed E-state index contributed by atoms with van der Waals surface area (Å²) in [6, 6.07) is 12.9. The number of hydrogen-bond acceptors (Lipinski definition) is 2. The average molecular weight is 604 g/mol. The van der Waals surface area contributed by atoms with Gasteiger partial charge in [0.25, 0.3) is 5.91 Å². The number of H-pyrrole nitrogens is 1. The van der Waals surface area contributed by atoms with Gasteiger partial charge in [0.1, 0.15) is 5.82 Å². The SMILES string of the molecule is O=C(/C=C/c1cccc(F)c1)N1CCN(C(=O)c2cc(C(F)(F)F)cc(C(F)(F)F)c2)[C@H](Cc2c[nH]c3ccccc23)C1. The lowest BCUT2D eigenvalue weighted by molar-refractivity contribution is -0.143. The van der Waals surface area contributed by atoms with Crippen LogP contribution in [0.4, 0.5) is 30.7 Å². The fraction of sp³-hybridized carbons (Fsp3) is 0.226. The summed E-state index contributed by atoms with van der Waals surface area (Å²) in [5, 5.41) is 0.822. The van der Waals surface area contributed by atoms with Crippen LogP contribution in [-0.4, -0.2) is 52.3 Å². The van der Waals surface area contributed by atoms with Gasteiger partial charge >= 0.3 is 12.4 Å². The number of carbonyl (C=O) groups is 2. The number of para-hydroxylation sites is 1. The molecule has 3 aromatic carbocycles. The molecule has 2 amide bonds. The first kappa shape index (κ1) is 29.9. The molecule has 0 aliphatic carbocycles. The van der Waals surface area contributed by atoms with Crippen LogP contribution in [0.1, 0.15) is 32.6 Å². The molecule has 1 saturated heterocycles. The highest BCUT2D eigenvalue weighted by Gasteiger charge is 2.39. The number of carbonyl (C=O) groups excluding carboxylic acids is 2. The standard InChI is InChI=1S/C31H24F7N3O2/c32-24-5-3-4-19(12-24)8-9-28(42)40-10-11-41(25(18-40)15-21-17-39-27-7-2-1-6-26(21)27)29(43)20-13-22(30(33,34)35)16-23(14-20)31(36,37)38/h1-9,12-14,16-17,25,39H,10-11,15,18H2/b9-8+/t25-/m1/s1. The van der Waals surface area contributed by atoms with E-state index in [1.165, 1.54) is 40.2 Å². The third kappa shape index (κ3) is 6.73. The van der Waals surface area contributed by atoms with Gasteiger partial charge in [-0.1, -0.05) is 30.3 Å². The lowest BCUT2D eigenvalue weighted by Gasteiger charge is -2.41. The van der Waals surface area contributed by atoms with Crippen molar-refractivity contribution in [1.82, 2.24) is 14.8 Å². The van der Waals surface area contributed by atoms with Crippen LogP contribution in [-0.2, 0) is 23.6 Å². The Morgan fingerprint density at radius 2 is 1.58 bits per heavy atom. The van der Waals surface area contributed by atoms with Crippen LogP contribution in [0.2, 0.25) is 0 Å². The predicted octanol–water partition coefficient (Wildman–Crippen LogP) is 6.95. The molecule has 1 aromatic heterocycles. The molecule has 1 aliphatic heterocycles. The first-order valence-electron chi connectivity index (χ1n) is 13.2. The zero-order valence-electron chi connectivity index (χ0n) is 22.3. The summed E-state index contributed by atoms with van der Waals surface area (Å²) in [5.41, 5.74) is -1.93. The summed E-state index contributed by atoms with van der Waals surface area (Å²) in [6.45, 7) is -0.195. The van der Waals surface area contributed by atoms with Gasteiger partial charge in [-0.2, -0.15) is 26.3 Å².